The molecule has 0 aromatic carbocycles. The highest BCUT2D eigenvalue weighted by Gasteiger charge is 2.02. The third-order valence-corrected chi connectivity index (χ3v) is 2.10. The first-order valence-corrected chi connectivity index (χ1v) is 5.25. The van der Waals surface area contributed by atoms with Crippen molar-refractivity contribution in [2.45, 2.75) is 33.6 Å². The molecule has 0 spiro atoms. The lowest BCUT2D eigenvalue weighted by Crippen LogP contribution is -1.99. The van der Waals surface area contributed by atoms with Crippen molar-refractivity contribution in [3.63, 3.8) is 0 Å². The quantitative estimate of drug-likeness (QED) is 0.521. The lowest BCUT2D eigenvalue weighted by atomic mass is 9.97. The van der Waals surface area contributed by atoms with Gasteiger partial charge in [0.2, 0.25) is 0 Å². The van der Waals surface area contributed by atoms with E-state index in [1.54, 1.807) is 0 Å². The second-order valence-corrected chi connectivity index (χ2v) is 4.29. The normalized spacial score (nSPS) is 14.3. The van der Waals surface area contributed by atoms with E-state index in [0.29, 0.717) is 0 Å². The number of hydrogen-bond acceptors (Lipinski definition) is 0. The minimum atomic E-state index is 0.878. The highest BCUT2D eigenvalue weighted by Crippen LogP contribution is 2.14. The molecule has 1 heteroatoms. The van der Waals surface area contributed by atoms with Crippen LogP contribution in [0.1, 0.15) is 33.6 Å². The average Bonchev–Trinajstić information content (AvgIpc) is 1.63. The first-order valence-electron chi connectivity index (χ1n) is 3.72. The van der Waals surface area contributed by atoms with Gasteiger partial charge >= 0.3 is 0 Å². The van der Waals surface area contributed by atoms with Crippen LogP contribution in [0.25, 0.3) is 0 Å². The van der Waals surface area contributed by atoms with Crippen LogP contribution in [0.15, 0.2) is 0 Å². The summed E-state index contributed by atoms with van der Waals surface area (Å²) in [6.45, 7) is 6.94. The molecular weight excluding hydrogens is 223 g/mol. The van der Waals surface area contributed by atoms with E-state index < -0.39 is 0 Å². The van der Waals surface area contributed by atoms with Crippen LogP contribution in [-0.2, 0) is 0 Å². The Morgan fingerprint density at radius 3 is 2.11 bits per heavy atom. The largest absolute Gasteiger partial charge is 0.0864 e. The Bertz CT molecular complexity index is 59.6. The molecule has 0 bridgehead atoms. The Balaban J connectivity index is 3.15. The molecule has 0 nitrogen and oxygen atoms in total. The van der Waals surface area contributed by atoms with E-state index in [1.807, 2.05) is 0 Å². The Kier molecular flexibility index (Phi) is 5.96. The first kappa shape index (κ1) is 9.73. The van der Waals surface area contributed by atoms with Crippen LogP contribution in [0.4, 0.5) is 0 Å². The van der Waals surface area contributed by atoms with Crippen molar-refractivity contribution in [3.8, 4) is 0 Å². The van der Waals surface area contributed by atoms with E-state index in [-0.39, 0.29) is 0 Å². The second kappa shape index (κ2) is 5.51. The third kappa shape index (κ3) is 6.62. The van der Waals surface area contributed by atoms with E-state index in [4.69, 9.17) is 0 Å². The van der Waals surface area contributed by atoms with Crippen molar-refractivity contribution in [1.29, 1.82) is 0 Å². The molecule has 0 aromatic heterocycles. The van der Waals surface area contributed by atoms with Gasteiger partial charge in [0.05, 0.1) is 0 Å². The number of halogens is 1. The summed E-state index contributed by atoms with van der Waals surface area (Å²) >= 11 is 2.45. The van der Waals surface area contributed by atoms with Gasteiger partial charge in [0, 0.05) is 0 Å². The molecule has 1 unspecified atom stereocenters. The summed E-state index contributed by atoms with van der Waals surface area (Å²) in [5, 5.41) is 0. The molecule has 0 radical (unpaired) electrons. The molecule has 0 aliphatic heterocycles. The van der Waals surface area contributed by atoms with Crippen LogP contribution < -0.4 is 0 Å². The Labute approximate surface area is 72.6 Å². The monoisotopic (exact) mass is 240 g/mol. The third-order valence-electron chi connectivity index (χ3n) is 1.48. The van der Waals surface area contributed by atoms with Gasteiger partial charge in [0.1, 0.15) is 0 Å². The molecule has 9 heavy (non-hydrogen) atoms. The second-order valence-electron chi connectivity index (χ2n) is 3.21. The Morgan fingerprint density at radius 2 is 1.78 bits per heavy atom. The predicted molar refractivity (Wildman–Crippen MR) is 52.1 cm³/mol. The van der Waals surface area contributed by atoms with Gasteiger partial charge in [-0.05, 0) is 29.1 Å². The van der Waals surface area contributed by atoms with Crippen LogP contribution in [0.5, 0.6) is 0 Å². The lowest BCUT2D eigenvalue weighted by molar-refractivity contribution is 0.433. The highest BCUT2D eigenvalue weighted by atomic mass is 127. The summed E-state index contributed by atoms with van der Waals surface area (Å²) in [6, 6.07) is 0. The molecule has 0 N–H and O–H groups in total. The summed E-state index contributed by atoms with van der Waals surface area (Å²) < 4.78 is 1.31. The fourth-order valence-corrected chi connectivity index (χ4v) is 2.17. The molecular formula is C8H17I. The SMILES string of the molecule is CC(C)CC(C)CCI. The van der Waals surface area contributed by atoms with E-state index in [2.05, 4.69) is 43.4 Å². The van der Waals surface area contributed by atoms with Gasteiger partial charge in [-0.25, -0.2) is 0 Å². The molecule has 1 atom stereocenters. The van der Waals surface area contributed by atoms with Crippen molar-refractivity contribution >= 4 is 22.6 Å². The van der Waals surface area contributed by atoms with E-state index >= 15 is 0 Å². The number of rotatable bonds is 4. The van der Waals surface area contributed by atoms with E-state index in [9.17, 15) is 0 Å². The zero-order valence-corrected chi connectivity index (χ0v) is 8.81. The molecule has 0 rings (SSSR count). The fourth-order valence-electron chi connectivity index (χ4n) is 1.11. The van der Waals surface area contributed by atoms with E-state index in [0.717, 1.165) is 11.8 Å². The predicted octanol–water partition coefficient (Wildman–Crippen LogP) is 3.49. The Morgan fingerprint density at radius 1 is 1.22 bits per heavy atom. The van der Waals surface area contributed by atoms with Crippen molar-refractivity contribution in [1.82, 2.24) is 0 Å². The van der Waals surface area contributed by atoms with Crippen LogP contribution >= 0.6 is 22.6 Å². The van der Waals surface area contributed by atoms with Gasteiger partial charge in [0.25, 0.3) is 0 Å². The molecule has 0 fully saturated rings. The smallest absolute Gasteiger partial charge is 0.000219 e. The summed E-state index contributed by atoms with van der Waals surface area (Å²) in [6.07, 6.45) is 2.78. The number of alkyl halides is 1. The number of hydrogen-bond donors (Lipinski definition) is 0. The standard InChI is InChI=1S/C8H17I/c1-7(2)6-8(3)4-5-9/h7-8H,4-6H2,1-3H3. The topological polar surface area (TPSA) is 0 Å². The van der Waals surface area contributed by atoms with Crippen molar-refractivity contribution < 1.29 is 0 Å². The molecule has 0 amide bonds. The molecule has 0 saturated carbocycles. The average molecular weight is 240 g/mol. The van der Waals surface area contributed by atoms with Crippen molar-refractivity contribution in [2.24, 2.45) is 11.8 Å². The van der Waals surface area contributed by atoms with Gasteiger partial charge in [-0.1, -0.05) is 43.4 Å². The van der Waals surface area contributed by atoms with E-state index in [1.165, 1.54) is 17.3 Å². The van der Waals surface area contributed by atoms with Crippen LogP contribution in [0, 0.1) is 11.8 Å². The van der Waals surface area contributed by atoms with Crippen molar-refractivity contribution in [2.75, 3.05) is 4.43 Å². The molecule has 0 aromatic rings. The molecule has 0 heterocycles. The van der Waals surface area contributed by atoms with Crippen LogP contribution in [0.3, 0.4) is 0 Å². The molecule has 0 aliphatic carbocycles. The van der Waals surface area contributed by atoms with Gasteiger partial charge in [-0.2, -0.15) is 0 Å². The summed E-state index contributed by atoms with van der Waals surface area (Å²) in [5.74, 6) is 1.81. The Hall–Kier alpha value is 0.730. The van der Waals surface area contributed by atoms with Crippen LogP contribution in [0.2, 0.25) is 0 Å². The zero-order chi connectivity index (χ0) is 7.28. The first-order chi connectivity index (χ1) is 4.16. The lowest BCUT2D eigenvalue weighted by Gasteiger charge is -2.11. The van der Waals surface area contributed by atoms with Gasteiger partial charge in [-0.15, -0.1) is 0 Å². The fraction of sp³-hybridized carbons (Fsp3) is 1.00. The van der Waals surface area contributed by atoms with Gasteiger partial charge in [-0.3, -0.25) is 0 Å². The van der Waals surface area contributed by atoms with Crippen LogP contribution in [-0.4, -0.2) is 4.43 Å². The maximum Gasteiger partial charge on any atom is -0.000219 e. The summed E-state index contributed by atoms with van der Waals surface area (Å²) in [7, 11) is 0. The molecule has 0 saturated heterocycles. The summed E-state index contributed by atoms with van der Waals surface area (Å²) in [4.78, 5) is 0. The van der Waals surface area contributed by atoms with Gasteiger partial charge in [0.15, 0.2) is 0 Å². The summed E-state index contributed by atoms with van der Waals surface area (Å²) in [5.41, 5.74) is 0. The maximum absolute atomic E-state index is 2.45. The molecule has 0 aliphatic rings. The highest BCUT2D eigenvalue weighted by molar-refractivity contribution is 14.1. The minimum absolute atomic E-state index is 0.878. The maximum atomic E-state index is 2.45. The minimum Gasteiger partial charge on any atom is -0.0864 e. The van der Waals surface area contributed by atoms with Crippen molar-refractivity contribution in [3.05, 3.63) is 0 Å². The zero-order valence-electron chi connectivity index (χ0n) is 6.65. The molecule has 56 valence electrons. The van der Waals surface area contributed by atoms with Gasteiger partial charge < -0.3 is 0 Å².